The SMILES string of the molecule is CCCN(CCO)CCO.[Ac].[Ac]. The van der Waals surface area contributed by atoms with Crippen LogP contribution in [0.5, 0.6) is 0 Å². The Balaban J connectivity index is -0.000000405. The molecule has 0 aliphatic carbocycles. The summed E-state index contributed by atoms with van der Waals surface area (Å²) in [7, 11) is 0. The molecule has 2 radical (unpaired) electrons. The van der Waals surface area contributed by atoms with E-state index in [1.165, 1.54) is 0 Å². The molecule has 12 heavy (non-hydrogen) atoms. The van der Waals surface area contributed by atoms with Gasteiger partial charge in [-0.15, -0.1) is 0 Å². The van der Waals surface area contributed by atoms with Gasteiger partial charge in [-0.1, -0.05) is 6.92 Å². The van der Waals surface area contributed by atoms with Crippen LogP contribution in [-0.2, 0) is 0 Å². The second kappa shape index (κ2) is 16.2. The molecule has 0 aromatic heterocycles. The summed E-state index contributed by atoms with van der Waals surface area (Å²) in [6.45, 7) is 4.76. The predicted octanol–water partition coefficient (Wildman–Crippen LogP) is -0.317. The molecule has 0 rings (SSSR count). The van der Waals surface area contributed by atoms with Gasteiger partial charge in [-0.3, -0.25) is 4.90 Å². The Hall–Kier alpha value is 2.76. The van der Waals surface area contributed by atoms with Crippen molar-refractivity contribution >= 4 is 0 Å². The first-order chi connectivity index (χ1) is 4.85. The van der Waals surface area contributed by atoms with Gasteiger partial charge in [0.1, 0.15) is 0 Å². The van der Waals surface area contributed by atoms with Crippen molar-refractivity contribution in [1.29, 1.82) is 0 Å². The third-order valence-electron chi connectivity index (χ3n) is 1.37. The van der Waals surface area contributed by atoms with Crippen molar-refractivity contribution in [2.24, 2.45) is 0 Å². The largest absolute Gasteiger partial charge is 0.395 e. The van der Waals surface area contributed by atoms with Crippen LogP contribution in [0, 0.1) is 88.1 Å². The van der Waals surface area contributed by atoms with E-state index in [1.807, 2.05) is 4.90 Å². The zero-order chi connectivity index (χ0) is 7.82. The van der Waals surface area contributed by atoms with Crippen molar-refractivity contribution in [2.75, 3.05) is 32.8 Å². The summed E-state index contributed by atoms with van der Waals surface area (Å²) >= 11 is 0. The molecule has 0 fully saturated rings. The molecule has 0 unspecified atom stereocenters. The molecule has 0 bridgehead atoms. The van der Waals surface area contributed by atoms with Crippen LogP contribution in [0.4, 0.5) is 0 Å². The van der Waals surface area contributed by atoms with Crippen molar-refractivity contribution in [3.8, 4) is 0 Å². The van der Waals surface area contributed by atoms with E-state index in [9.17, 15) is 0 Å². The van der Waals surface area contributed by atoms with Crippen LogP contribution in [0.15, 0.2) is 0 Å². The summed E-state index contributed by atoms with van der Waals surface area (Å²) in [6.07, 6.45) is 1.07. The van der Waals surface area contributed by atoms with Gasteiger partial charge in [0.25, 0.3) is 0 Å². The molecular formula is C7H17Ac2NO2. The second-order valence-corrected chi connectivity index (χ2v) is 2.29. The number of rotatable bonds is 6. The molecule has 0 aromatic rings. The van der Waals surface area contributed by atoms with Gasteiger partial charge in [-0.05, 0) is 13.0 Å². The third-order valence-corrected chi connectivity index (χ3v) is 1.37. The molecule has 0 spiro atoms. The Kier molecular flexibility index (Phi) is 27.3. The molecule has 0 aliphatic rings. The topological polar surface area (TPSA) is 43.7 Å². The molecule has 0 saturated carbocycles. The maximum Gasteiger partial charge on any atom is 0.0558 e. The minimum atomic E-state index is 0. The van der Waals surface area contributed by atoms with Crippen molar-refractivity contribution < 1.29 is 98.3 Å². The maximum atomic E-state index is 8.57. The minimum absolute atomic E-state index is 0. The Morgan fingerprint density at radius 2 is 1.33 bits per heavy atom. The summed E-state index contributed by atoms with van der Waals surface area (Å²) in [6, 6.07) is 0. The van der Waals surface area contributed by atoms with Crippen molar-refractivity contribution in [2.45, 2.75) is 13.3 Å². The van der Waals surface area contributed by atoms with Crippen LogP contribution < -0.4 is 0 Å². The molecule has 2 N–H and O–H groups in total. The standard InChI is InChI=1S/C7H17NO2.2Ac/c1-2-3-8(4-6-9)5-7-10;;/h9-10H,2-7H2,1H3;;. The second-order valence-electron chi connectivity index (χ2n) is 2.29. The van der Waals surface area contributed by atoms with E-state index in [2.05, 4.69) is 6.92 Å². The van der Waals surface area contributed by atoms with Crippen LogP contribution in [0.2, 0.25) is 0 Å². The first-order valence-electron chi connectivity index (χ1n) is 3.79. The van der Waals surface area contributed by atoms with Gasteiger partial charge < -0.3 is 10.2 Å². The van der Waals surface area contributed by atoms with Crippen LogP contribution >= 0.6 is 0 Å². The Bertz CT molecular complexity index is 62.2. The first kappa shape index (κ1) is 20.2. The van der Waals surface area contributed by atoms with Gasteiger partial charge in [0.05, 0.1) is 13.2 Å². The summed E-state index contributed by atoms with van der Waals surface area (Å²) in [5, 5.41) is 17.1. The fourth-order valence-electron chi connectivity index (χ4n) is 0.934. The van der Waals surface area contributed by atoms with E-state index in [1.54, 1.807) is 0 Å². The van der Waals surface area contributed by atoms with E-state index in [0.29, 0.717) is 13.1 Å². The average Bonchev–Trinajstić information content (AvgIpc) is 1.90. The van der Waals surface area contributed by atoms with Crippen LogP contribution in [-0.4, -0.2) is 48.0 Å². The number of hydrogen-bond acceptors (Lipinski definition) is 3. The monoisotopic (exact) mass is 601 g/mol. The van der Waals surface area contributed by atoms with E-state index in [0.717, 1.165) is 13.0 Å². The van der Waals surface area contributed by atoms with Gasteiger partial charge in [0, 0.05) is 101 Å². The van der Waals surface area contributed by atoms with Gasteiger partial charge in [-0.2, -0.15) is 0 Å². The fourth-order valence-corrected chi connectivity index (χ4v) is 0.934. The van der Waals surface area contributed by atoms with E-state index in [-0.39, 0.29) is 101 Å². The summed E-state index contributed by atoms with van der Waals surface area (Å²) in [5.41, 5.74) is 0. The molecule has 0 aliphatic heterocycles. The molecule has 0 saturated heterocycles. The Morgan fingerprint density at radius 1 is 0.917 bits per heavy atom. The smallest absolute Gasteiger partial charge is 0.0558 e. The summed E-state index contributed by atoms with van der Waals surface area (Å²) in [5.74, 6) is 0. The van der Waals surface area contributed by atoms with Gasteiger partial charge >= 0.3 is 0 Å². The zero-order valence-electron chi connectivity index (χ0n) is 7.74. The van der Waals surface area contributed by atoms with Gasteiger partial charge in [0.2, 0.25) is 0 Å². The number of nitrogens with zero attached hydrogens (tertiary/aromatic N) is 1. The molecule has 0 amide bonds. The van der Waals surface area contributed by atoms with Crippen molar-refractivity contribution in [3.05, 3.63) is 0 Å². The average molecular weight is 601 g/mol. The first-order valence-corrected chi connectivity index (χ1v) is 3.79. The molecule has 5 heteroatoms. The van der Waals surface area contributed by atoms with Crippen LogP contribution in [0.1, 0.15) is 13.3 Å². The number of hydrogen-bond donors (Lipinski definition) is 2. The minimum Gasteiger partial charge on any atom is -0.395 e. The van der Waals surface area contributed by atoms with Crippen LogP contribution in [0.25, 0.3) is 0 Å². The van der Waals surface area contributed by atoms with E-state index < -0.39 is 0 Å². The fraction of sp³-hybridized carbons (Fsp3) is 1.00. The summed E-state index contributed by atoms with van der Waals surface area (Å²) < 4.78 is 0. The Morgan fingerprint density at radius 3 is 1.58 bits per heavy atom. The van der Waals surface area contributed by atoms with E-state index in [4.69, 9.17) is 10.2 Å². The quantitative estimate of drug-likeness (QED) is 0.440. The predicted molar refractivity (Wildman–Crippen MR) is 40.9 cm³/mol. The molecule has 0 heterocycles. The molecule has 0 aromatic carbocycles. The normalized spacial score (nSPS) is 9.00. The third kappa shape index (κ3) is 12.8. The molecule has 68 valence electrons. The van der Waals surface area contributed by atoms with Crippen LogP contribution in [0.3, 0.4) is 0 Å². The molecular weight excluding hydrogens is 584 g/mol. The number of aliphatic hydroxyl groups excluding tert-OH is 2. The van der Waals surface area contributed by atoms with Gasteiger partial charge in [-0.25, -0.2) is 0 Å². The van der Waals surface area contributed by atoms with E-state index >= 15 is 0 Å². The van der Waals surface area contributed by atoms with Crippen molar-refractivity contribution in [3.63, 3.8) is 0 Å². The zero-order valence-corrected chi connectivity index (χ0v) is 17.2. The van der Waals surface area contributed by atoms with Crippen molar-refractivity contribution in [1.82, 2.24) is 4.90 Å². The molecule has 0 atom stereocenters. The Labute approximate surface area is 146 Å². The summed E-state index contributed by atoms with van der Waals surface area (Å²) in [4.78, 5) is 2.04. The molecule has 3 nitrogen and oxygen atoms in total. The number of aliphatic hydroxyl groups is 2. The maximum absolute atomic E-state index is 8.57. The van der Waals surface area contributed by atoms with Gasteiger partial charge in [0.15, 0.2) is 0 Å².